The van der Waals surface area contributed by atoms with Gasteiger partial charge in [-0.25, -0.2) is 9.67 Å². The number of aromatic nitrogens is 4. The van der Waals surface area contributed by atoms with Gasteiger partial charge in [0, 0.05) is 19.3 Å². The molecule has 0 bridgehead atoms. The van der Waals surface area contributed by atoms with E-state index in [0.29, 0.717) is 13.2 Å². The summed E-state index contributed by atoms with van der Waals surface area (Å²) in [6.45, 7) is 5.08. The van der Waals surface area contributed by atoms with Crippen LogP contribution in [0, 0.1) is 11.3 Å². The van der Waals surface area contributed by atoms with Crippen molar-refractivity contribution in [3.8, 4) is 17.5 Å². The quantitative estimate of drug-likeness (QED) is 0.531. The Balaban J connectivity index is 1.53. The second-order valence-electron chi connectivity index (χ2n) is 9.74. The van der Waals surface area contributed by atoms with Crippen molar-refractivity contribution < 1.29 is 9.47 Å². The smallest absolute Gasteiger partial charge is 0.150 e. The van der Waals surface area contributed by atoms with Crippen LogP contribution in [0.4, 0.5) is 5.82 Å². The lowest BCUT2D eigenvalue weighted by molar-refractivity contribution is -0.0383. The number of fused-ring (bicyclic) bond motifs is 1. The fourth-order valence-electron chi connectivity index (χ4n) is 5.71. The Kier molecular flexibility index (Phi) is 5.76. The molecule has 2 saturated heterocycles. The lowest BCUT2D eigenvalue weighted by Crippen LogP contribution is -2.44. The van der Waals surface area contributed by atoms with Gasteiger partial charge in [-0.15, -0.1) is 0 Å². The molecule has 0 spiro atoms. The molecular weight excluding hydrogens is 448 g/mol. The molecule has 2 unspecified atom stereocenters. The van der Waals surface area contributed by atoms with E-state index >= 15 is 0 Å². The van der Waals surface area contributed by atoms with Gasteiger partial charge in [0.1, 0.15) is 17.0 Å². The zero-order valence-electron chi connectivity index (χ0n) is 19.6. The Morgan fingerprint density at radius 1 is 1.21 bits per heavy atom. The number of morpholine rings is 1. The molecule has 2 aliphatic heterocycles. The number of nitriles is 1. The summed E-state index contributed by atoms with van der Waals surface area (Å²) in [6.07, 6.45) is 8.87. The molecule has 1 saturated carbocycles. The van der Waals surface area contributed by atoms with Crippen LogP contribution in [-0.4, -0.2) is 51.5 Å². The van der Waals surface area contributed by atoms with Crippen molar-refractivity contribution in [1.82, 2.24) is 19.1 Å². The molecule has 8 nitrogen and oxygen atoms in total. The topological polar surface area (TPSA) is 89.1 Å². The minimum Gasteiger partial charge on any atom is -0.377 e. The highest BCUT2D eigenvalue weighted by molar-refractivity contribution is 7.13. The highest BCUT2D eigenvalue weighted by Crippen LogP contribution is 2.47. The Morgan fingerprint density at radius 3 is 2.85 bits per heavy atom. The number of nitrogens with zero attached hydrogens (tertiary/aromatic N) is 6. The summed E-state index contributed by atoms with van der Waals surface area (Å²) >= 11 is 1.46. The van der Waals surface area contributed by atoms with Crippen LogP contribution in [0.1, 0.15) is 63.7 Å². The molecule has 3 aromatic rings. The predicted molar refractivity (Wildman–Crippen MR) is 131 cm³/mol. The van der Waals surface area contributed by atoms with Gasteiger partial charge in [0.2, 0.25) is 0 Å². The number of hydrogen-bond acceptors (Lipinski definition) is 8. The molecule has 5 heterocycles. The van der Waals surface area contributed by atoms with Gasteiger partial charge < -0.3 is 14.4 Å². The van der Waals surface area contributed by atoms with E-state index in [1.807, 2.05) is 16.9 Å². The van der Waals surface area contributed by atoms with E-state index in [-0.39, 0.29) is 12.3 Å². The number of pyridine rings is 1. The van der Waals surface area contributed by atoms with E-state index in [2.05, 4.69) is 29.1 Å². The Morgan fingerprint density at radius 2 is 2.09 bits per heavy atom. The molecule has 178 valence electrons. The molecule has 0 radical (unpaired) electrons. The third-order valence-corrected chi connectivity index (χ3v) is 8.47. The predicted octanol–water partition coefficient (Wildman–Crippen LogP) is 4.81. The van der Waals surface area contributed by atoms with E-state index in [9.17, 15) is 5.26 Å². The minimum absolute atomic E-state index is 0.0716. The van der Waals surface area contributed by atoms with Crippen LogP contribution >= 0.6 is 11.5 Å². The third kappa shape index (κ3) is 3.60. The first-order valence-electron chi connectivity index (χ1n) is 12.4. The Bertz CT molecular complexity index is 1220. The van der Waals surface area contributed by atoms with Crippen molar-refractivity contribution in [2.75, 3.05) is 31.3 Å². The second-order valence-corrected chi connectivity index (χ2v) is 10.5. The molecule has 6 rings (SSSR count). The van der Waals surface area contributed by atoms with Gasteiger partial charge in [0.15, 0.2) is 6.23 Å². The standard InChI is InChI=1S/C25H30N6O2S/c1-17-15-32-13-11-30(17)20-14-18(25(16-26)8-3-4-9-25)24-23(28-20)22(29-34-24)19-7-10-27-31(19)21-6-2-5-12-33-21/h7,10,14,17,21H,2-6,8-9,11-13,15H2,1H3. The van der Waals surface area contributed by atoms with Gasteiger partial charge in [-0.2, -0.15) is 14.7 Å². The average Bonchev–Trinajstić information content (AvgIpc) is 3.64. The maximum absolute atomic E-state index is 10.3. The molecule has 3 aromatic heterocycles. The van der Waals surface area contributed by atoms with Gasteiger partial charge >= 0.3 is 0 Å². The molecule has 3 fully saturated rings. The molecule has 34 heavy (non-hydrogen) atoms. The number of ether oxygens (including phenoxy) is 2. The van der Waals surface area contributed by atoms with Crippen molar-refractivity contribution in [3.05, 3.63) is 23.9 Å². The van der Waals surface area contributed by atoms with Crippen molar-refractivity contribution in [1.29, 1.82) is 5.26 Å². The second kappa shape index (κ2) is 8.91. The molecule has 9 heteroatoms. The third-order valence-electron chi connectivity index (χ3n) is 7.60. The Hall–Kier alpha value is -2.54. The maximum Gasteiger partial charge on any atom is 0.150 e. The van der Waals surface area contributed by atoms with Crippen LogP contribution < -0.4 is 4.90 Å². The average molecular weight is 479 g/mol. The summed E-state index contributed by atoms with van der Waals surface area (Å²) in [6, 6.07) is 7.11. The fraction of sp³-hybridized carbons (Fsp3) is 0.600. The number of hydrogen-bond donors (Lipinski definition) is 0. The highest BCUT2D eigenvalue weighted by atomic mass is 32.1. The summed E-state index contributed by atoms with van der Waals surface area (Å²) in [4.78, 5) is 7.49. The number of rotatable bonds is 4. The monoisotopic (exact) mass is 478 g/mol. The van der Waals surface area contributed by atoms with Crippen LogP contribution in [0.2, 0.25) is 0 Å². The molecule has 0 N–H and O–H groups in total. The normalized spacial score (nSPS) is 25.0. The molecule has 1 aliphatic carbocycles. The number of anilines is 1. The van der Waals surface area contributed by atoms with Crippen LogP contribution in [0.25, 0.3) is 21.6 Å². The Labute approximate surface area is 203 Å². The van der Waals surface area contributed by atoms with Crippen LogP contribution in [0.15, 0.2) is 18.3 Å². The van der Waals surface area contributed by atoms with Gasteiger partial charge in [-0.1, -0.05) is 12.8 Å². The summed E-state index contributed by atoms with van der Waals surface area (Å²) in [5, 5.41) is 14.9. The summed E-state index contributed by atoms with van der Waals surface area (Å²) in [5.41, 5.74) is 3.26. The highest BCUT2D eigenvalue weighted by Gasteiger charge is 2.39. The SMILES string of the molecule is CC1COCCN1c1cc(C2(C#N)CCCC2)c2snc(-c3ccnn3C3CCCCO3)c2n1. The van der Waals surface area contributed by atoms with Gasteiger partial charge in [0.05, 0.1) is 41.1 Å². The fourth-order valence-corrected chi connectivity index (χ4v) is 6.66. The van der Waals surface area contributed by atoms with Gasteiger partial charge in [-0.3, -0.25) is 0 Å². The van der Waals surface area contributed by atoms with E-state index in [1.54, 1.807) is 0 Å². The zero-order valence-corrected chi connectivity index (χ0v) is 20.4. The van der Waals surface area contributed by atoms with Crippen LogP contribution in [-0.2, 0) is 14.9 Å². The summed E-state index contributed by atoms with van der Waals surface area (Å²) in [5.74, 6) is 0.918. The van der Waals surface area contributed by atoms with Crippen molar-refractivity contribution in [3.63, 3.8) is 0 Å². The lowest BCUT2D eigenvalue weighted by Gasteiger charge is -2.35. The van der Waals surface area contributed by atoms with Gasteiger partial charge in [0.25, 0.3) is 0 Å². The van der Waals surface area contributed by atoms with E-state index in [4.69, 9.17) is 18.8 Å². The van der Waals surface area contributed by atoms with Crippen molar-refractivity contribution in [2.45, 2.75) is 69.6 Å². The maximum atomic E-state index is 10.3. The largest absolute Gasteiger partial charge is 0.377 e. The first-order valence-corrected chi connectivity index (χ1v) is 13.2. The molecule has 2 atom stereocenters. The molecule has 0 amide bonds. The van der Waals surface area contributed by atoms with Gasteiger partial charge in [-0.05, 0) is 68.3 Å². The van der Waals surface area contributed by atoms with E-state index in [1.165, 1.54) is 11.5 Å². The van der Waals surface area contributed by atoms with Crippen molar-refractivity contribution >= 4 is 27.6 Å². The van der Waals surface area contributed by atoms with Crippen molar-refractivity contribution in [2.24, 2.45) is 0 Å². The summed E-state index contributed by atoms with van der Waals surface area (Å²) in [7, 11) is 0. The molecule has 3 aliphatic rings. The minimum atomic E-state index is -0.470. The first-order chi connectivity index (χ1) is 16.7. The summed E-state index contributed by atoms with van der Waals surface area (Å²) < 4.78 is 19.6. The molecule has 0 aromatic carbocycles. The van der Waals surface area contributed by atoms with Crippen LogP contribution in [0.5, 0.6) is 0 Å². The zero-order chi connectivity index (χ0) is 23.1. The van der Waals surface area contributed by atoms with Crippen LogP contribution in [0.3, 0.4) is 0 Å². The lowest BCUT2D eigenvalue weighted by atomic mass is 9.80. The first kappa shape index (κ1) is 22.0. The molecular formula is C25H30N6O2S. The van der Waals surface area contributed by atoms with E-state index < -0.39 is 5.41 Å². The van der Waals surface area contributed by atoms with E-state index in [0.717, 1.165) is 91.1 Å².